The maximum absolute atomic E-state index is 11.2. The number of ketones is 1. The van der Waals surface area contributed by atoms with E-state index in [1.54, 1.807) is 6.07 Å². The number of nitro groups is 1. The fraction of sp³-hybridized carbons (Fsp3) is 0.100. The Hall–Kier alpha value is -2.55. The molecule has 0 radical (unpaired) electrons. The highest BCUT2D eigenvalue weighted by Gasteiger charge is 2.22. The molecule has 6 heteroatoms. The largest absolute Gasteiger partial charge is 0.298 e. The lowest BCUT2D eigenvalue weighted by atomic mass is 10.00. The topological polar surface area (TPSA) is 101 Å². The summed E-state index contributed by atoms with van der Waals surface area (Å²) >= 11 is 0. The summed E-state index contributed by atoms with van der Waals surface area (Å²) in [7, 11) is 0. The van der Waals surface area contributed by atoms with Crippen LogP contribution in [0.3, 0.4) is 0 Å². The first kappa shape index (κ1) is 11.5. The number of nitro benzene ring substituents is 1. The van der Waals surface area contributed by atoms with Crippen LogP contribution in [0.1, 0.15) is 33.2 Å². The van der Waals surface area contributed by atoms with Crippen LogP contribution in [0.5, 0.6) is 0 Å². The highest BCUT2D eigenvalue weighted by atomic mass is 16.6. The number of Topliss-reactive ketones (excluding diaryl/α,β-unsaturated/α-hetero) is 1. The number of nitrogens with zero attached hydrogens (tertiary/aromatic N) is 2. The van der Waals surface area contributed by atoms with Gasteiger partial charge >= 0.3 is 0 Å². The fourth-order valence-corrected chi connectivity index (χ4v) is 1.32. The van der Waals surface area contributed by atoms with Gasteiger partial charge in [0.05, 0.1) is 10.5 Å². The van der Waals surface area contributed by atoms with Crippen molar-refractivity contribution < 1.29 is 14.5 Å². The third kappa shape index (κ3) is 1.93. The molecule has 0 saturated heterocycles. The summed E-state index contributed by atoms with van der Waals surface area (Å²) in [6, 6.07) is 3.79. The molecular formula is C10H6N2O4. The van der Waals surface area contributed by atoms with Crippen LogP contribution in [0.25, 0.3) is 0 Å². The molecule has 0 bridgehead atoms. The van der Waals surface area contributed by atoms with Crippen molar-refractivity contribution in [1.29, 1.82) is 5.26 Å². The highest BCUT2D eigenvalue weighted by Crippen LogP contribution is 2.24. The Balaban J connectivity index is 3.68. The summed E-state index contributed by atoms with van der Waals surface area (Å²) in [4.78, 5) is 31.6. The van der Waals surface area contributed by atoms with Gasteiger partial charge in [-0.2, -0.15) is 5.26 Å². The molecule has 0 fully saturated rings. The van der Waals surface area contributed by atoms with Crippen molar-refractivity contribution in [3.05, 3.63) is 38.9 Å². The van der Waals surface area contributed by atoms with Crippen LogP contribution in [-0.4, -0.2) is 17.0 Å². The monoisotopic (exact) mass is 218 g/mol. The zero-order valence-electron chi connectivity index (χ0n) is 8.26. The van der Waals surface area contributed by atoms with E-state index in [0.29, 0.717) is 6.29 Å². The van der Waals surface area contributed by atoms with Crippen molar-refractivity contribution in [2.45, 2.75) is 6.92 Å². The molecule has 0 aliphatic heterocycles. The number of nitriles is 1. The van der Waals surface area contributed by atoms with Gasteiger partial charge in [-0.1, -0.05) is 0 Å². The van der Waals surface area contributed by atoms with E-state index >= 15 is 0 Å². The number of benzene rings is 1. The van der Waals surface area contributed by atoms with Gasteiger partial charge in [0, 0.05) is 11.6 Å². The zero-order chi connectivity index (χ0) is 12.3. The van der Waals surface area contributed by atoms with Crippen molar-refractivity contribution in [2.75, 3.05) is 0 Å². The van der Waals surface area contributed by atoms with Gasteiger partial charge in [-0.25, -0.2) is 0 Å². The SMILES string of the molecule is CC(=O)c1c(C#N)cc(C=O)cc1[N+](=O)[O-]. The molecule has 1 rings (SSSR count). The average Bonchev–Trinajstić information content (AvgIpc) is 2.26. The minimum atomic E-state index is -0.787. The lowest BCUT2D eigenvalue weighted by Gasteiger charge is -2.02. The van der Waals surface area contributed by atoms with Gasteiger partial charge in [0.15, 0.2) is 5.78 Å². The van der Waals surface area contributed by atoms with E-state index in [1.165, 1.54) is 0 Å². The standard InChI is InChI=1S/C10H6N2O4/c1-6(14)10-8(4-11)2-7(5-13)3-9(10)12(15)16/h2-3,5H,1H3. The summed E-state index contributed by atoms with van der Waals surface area (Å²) < 4.78 is 0. The van der Waals surface area contributed by atoms with E-state index < -0.39 is 16.4 Å². The molecule has 16 heavy (non-hydrogen) atoms. The number of carbonyl (C=O) groups excluding carboxylic acids is 2. The lowest BCUT2D eigenvalue weighted by molar-refractivity contribution is -0.385. The first-order chi connectivity index (χ1) is 7.51. The lowest BCUT2D eigenvalue weighted by Crippen LogP contribution is -2.04. The molecule has 0 aliphatic rings. The van der Waals surface area contributed by atoms with E-state index in [0.717, 1.165) is 19.1 Å². The number of hydrogen-bond acceptors (Lipinski definition) is 5. The summed E-state index contributed by atoms with van der Waals surface area (Å²) in [5.41, 5.74) is -0.955. The normalized spacial score (nSPS) is 9.25. The van der Waals surface area contributed by atoms with Crippen molar-refractivity contribution in [2.24, 2.45) is 0 Å². The maximum atomic E-state index is 11.2. The molecule has 6 nitrogen and oxygen atoms in total. The molecule has 0 spiro atoms. The molecule has 0 unspecified atom stereocenters. The third-order valence-electron chi connectivity index (χ3n) is 1.95. The van der Waals surface area contributed by atoms with Gasteiger partial charge in [-0.3, -0.25) is 19.7 Å². The molecule has 0 atom stereocenters. The number of hydrogen-bond donors (Lipinski definition) is 0. The van der Waals surface area contributed by atoms with E-state index in [1.807, 2.05) is 0 Å². The summed E-state index contributed by atoms with van der Waals surface area (Å²) in [5, 5.41) is 19.4. The van der Waals surface area contributed by atoms with Gasteiger partial charge in [-0.15, -0.1) is 0 Å². The average molecular weight is 218 g/mol. The van der Waals surface area contributed by atoms with Crippen LogP contribution >= 0.6 is 0 Å². The summed E-state index contributed by atoms with van der Waals surface area (Å²) in [6.07, 6.45) is 0.387. The Kier molecular flexibility index (Phi) is 3.11. The predicted molar refractivity (Wildman–Crippen MR) is 53.2 cm³/mol. The quantitative estimate of drug-likeness (QED) is 0.331. The number of carbonyl (C=O) groups is 2. The minimum Gasteiger partial charge on any atom is -0.298 e. The van der Waals surface area contributed by atoms with E-state index in [2.05, 4.69) is 0 Å². The van der Waals surface area contributed by atoms with Crippen LogP contribution in [-0.2, 0) is 0 Å². The van der Waals surface area contributed by atoms with Gasteiger partial charge in [0.25, 0.3) is 5.69 Å². The molecule has 1 aromatic carbocycles. The third-order valence-corrected chi connectivity index (χ3v) is 1.95. The Morgan fingerprint density at radius 2 is 2.19 bits per heavy atom. The Labute approximate surface area is 90.3 Å². The molecule has 80 valence electrons. The molecule has 0 N–H and O–H groups in total. The highest BCUT2D eigenvalue weighted by molar-refractivity contribution is 6.01. The summed E-state index contributed by atoms with van der Waals surface area (Å²) in [6.45, 7) is 1.13. The first-order valence-electron chi connectivity index (χ1n) is 4.20. The molecule has 0 saturated carbocycles. The molecule has 0 aromatic heterocycles. The minimum absolute atomic E-state index is 0.00625. The van der Waals surface area contributed by atoms with Gasteiger partial charge in [-0.05, 0) is 13.0 Å². The van der Waals surface area contributed by atoms with E-state index in [4.69, 9.17) is 5.26 Å². The second-order valence-electron chi connectivity index (χ2n) is 3.01. The molecular weight excluding hydrogens is 212 g/mol. The molecule has 0 amide bonds. The van der Waals surface area contributed by atoms with Crippen molar-refractivity contribution in [3.63, 3.8) is 0 Å². The van der Waals surface area contributed by atoms with Crippen LogP contribution in [0.2, 0.25) is 0 Å². The van der Waals surface area contributed by atoms with E-state index in [9.17, 15) is 19.7 Å². The number of rotatable bonds is 3. The molecule has 0 aliphatic carbocycles. The second-order valence-corrected chi connectivity index (χ2v) is 3.01. The van der Waals surface area contributed by atoms with Crippen molar-refractivity contribution in [1.82, 2.24) is 0 Å². The first-order valence-corrected chi connectivity index (χ1v) is 4.20. The molecule has 0 heterocycles. The van der Waals surface area contributed by atoms with Crippen molar-refractivity contribution in [3.8, 4) is 6.07 Å². The van der Waals surface area contributed by atoms with Crippen LogP contribution < -0.4 is 0 Å². The van der Waals surface area contributed by atoms with Crippen molar-refractivity contribution >= 4 is 17.8 Å². The number of aldehydes is 1. The van der Waals surface area contributed by atoms with Crippen LogP contribution in [0, 0.1) is 21.4 Å². The Morgan fingerprint density at radius 3 is 2.56 bits per heavy atom. The predicted octanol–water partition coefficient (Wildman–Crippen LogP) is 1.48. The van der Waals surface area contributed by atoms with Gasteiger partial charge in [0.2, 0.25) is 0 Å². The molecule has 1 aromatic rings. The van der Waals surface area contributed by atoms with E-state index in [-0.39, 0.29) is 16.7 Å². The Morgan fingerprint density at radius 1 is 1.56 bits per heavy atom. The zero-order valence-corrected chi connectivity index (χ0v) is 8.26. The summed E-state index contributed by atoms with van der Waals surface area (Å²) in [5.74, 6) is -0.583. The second kappa shape index (κ2) is 4.31. The smallest absolute Gasteiger partial charge is 0.282 e. The fourth-order valence-electron chi connectivity index (χ4n) is 1.32. The van der Waals surface area contributed by atoms with Crippen LogP contribution in [0.15, 0.2) is 12.1 Å². The Bertz CT molecular complexity index is 528. The van der Waals surface area contributed by atoms with Gasteiger partial charge < -0.3 is 0 Å². The van der Waals surface area contributed by atoms with Gasteiger partial charge in [0.1, 0.15) is 17.9 Å². The maximum Gasteiger partial charge on any atom is 0.282 e. The van der Waals surface area contributed by atoms with Crippen LogP contribution in [0.4, 0.5) is 5.69 Å².